The largest absolute Gasteiger partial charge is 0.508 e. The summed E-state index contributed by atoms with van der Waals surface area (Å²) in [4.78, 5) is 0. The molecule has 134 valence electrons. The first kappa shape index (κ1) is 16.7. The Balaban J connectivity index is 1.91. The molecule has 2 N–H and O–H groups in total. The molecule has 1 heterocycles. The van der Waals surface area contributed by atoms with Crippen molar-refractivity contribution in [3.8, 4) is 34.0 Å². The molecule has 0 aliphatic heterocycles. The lowest BCUT2D eigenvalue weighted by atomic mass is 9.92. The van der Waals surface area contributed by atoms with E-state index in [2.05, 4.69) is 11.6 Å². The van der Waals surface area contributed by atoms with Gasteiger partial charge in [-0.3, -0.25) is 4.68 Å². The first-order valence-electron chi connectivity index (χ1n) is 9.37. The van der Waals surface area contributed by atoms with Gasteiger partial charge in [0, 0.05) is 16.7 Å². The molecular formula is C22H24N2O2. The minimum atomic E-state index is 0.267. The first-order chi connectivity index (χ1) is 12.7. The molecule has 1 aliphatic carbocycles. The average Bonchev–Trinajstić information content (AvgIpc) is 2.94. The highest BCUT2D eigenvalue weighted by atomic mass is 16.3. The predicted molar refractivity (Wildman–Crippen MR) is 103 cm³/mol. The van der Waals surface area contributed by atoms with Gasteiger partial charge in [0.15, 0.2) is 0 Å². The maximum absolute atomic E-state index is 9.68. The third-order valence-electron chi connectivity index (χ3n) is 5.21. The lowest BCUT2D eigenvalue weighted by molar-refractivity contribution is 0.292. The van der Waals surface area contributed by atoms with E-state index in [1.807, 2.05) is 24.3 Å². The van der Waals surface area contributed by atoms with Crippen LogP contribution in [0.3, 0.4) is 0 Å². The van der Waals surface area contributed by atoms with E-state index in [1.165, 1.54) is 17.7 Å². The van der Waals surface area contributed by atoms with Gasteiger partial charge in [-0.1, -0.05) is 13.3 Å². The van der Waals surface area contributed by atoms with Gasteiger partial charge in [-0.05, 0) is 74.2 Å². The lowest BCUT2D eigenvalue weighted by Gasteiger charge is -2.28. The molecule has 0 atom stereocenters. The van der Waals surface area contributed by atoms with E-state index >= 15 is 0 Å². The summed E-state index contributed by atoms with van der Waals surface area (Å²) in [5, 5.41) is 24.3. The van der Waals surface area contributed by atoms with E-state index < -0.39 is 0 Å². The standard InChI is InChI=1S/C22H24N2O2/c1-2-4-20-21(15-7-11-18(25)12-8-15)23-24(17-5-3-6-17)22(20)16-9-13-19(26)14-10-16/h7-14,17,25-26H,2-6H2,1H3. The van der Waals surface area contributed by atoms with E-state index in [4.69, 9.17) is 5.10 Å². The minimum Gasteiger partial charge on any atom is -0.508 e. The third kappa shape index (κ3) is 2.96. The second kappa shape index (κ2) is 6.87. The molecule has 0 saturated heterocycles. The zero-order valence-electron chi connectivity index (χ0n) is 15.0. The molecule has 1 fully saturated rings. The summed E-state index contributed by atoms with van der Waals surface area (Å²) in [6.45, 7) is 2.18. The summed E-state index contributed by atoms with van der Waals surface area (Å²) in [6.07, 6.45) is 5.55. The highest BCUT2D eigenvalue weighted by Gasteiger charge is 2.27. The van der Waals surface area contributed by atoms with Crippen LogP contribution in [0.1, 0.15) is 44.2 Å². The summed E-state index contributed by atoms with van der Waals surface area (Å²) < 4.78 is 2.20. The maximum atomic E-state index is 9.68. The Bertz CT molecular complexity index is 891. The molecule has 4 rings (SSSR count). The van der Waals surface area contributed by atoms with Gasteiger partial charge in [-0.15, -0.1) is 0 Å². The SMILES string of the molecule is CCCc1c(-c2ccc(O)cc2)nn(C2CCC2)c1-c1ccc(O)cc1. The van der Waals surface area contributed by atoms with Gasteiger partial charge >= 0.3 is 0 Å². The minimum absolute atomic E-state index is 0.267. The predicted octanol–water partition coefficient (Wildman–Crippen LogP) is 5.31. The van der Waals surface area contributed by atoms with Crippen LogP contribution in [0.2, 0.25) is 0 Å². The van der Waals surface area contributed by atoms with Crippen LogP contribution in [-0.4, -0.2) is 20.0 Å². The van der Waals surface area contributed by atoms with Gasteiger partial charge in [0.05, 0.1) is 17.4 Å². The lowest BCUT2D eigenvalue weighted by Crippen LogP contribution is -2.19. The van der Waals surface area contributed by atoms with Crippen LogP contribution in [-0.2, 0) is 6.42 Å². The molecule has 0 radical (unpaired) electrons. The van der Waals surface area contributed by atoms with Gasteiger partial charge in [-0.2, -0.15) is 5.10 Å². The van der Waals surface area contributed by atoms with Crippen LogP contribution < -0.4 is 0 Å². The monoisotopic (exact) mass is 348 g/mol. The molecule has 1 aromatic heterocycles. The van der Waals surface area contributed by atoms with Gasteiger partial charge in [0.25, 0.3) is 0 Å². The second-order valence-electron chi connectivity index (χ2n) is 7.05. The molecule has 3 aromatic rings. The molecule has 4 nitrogen and oxygen atoms in total. The Hall–Kier alpha value is -2.75. The smallest absolute Gasteiger partial charge is 0.115 e. The van der Waals surface area contributed by atoms with Crippen LogP contribution >= 0.6 is 0 Å². The quantitative estimate of drug-likeness (QED) is 0.657. The molecule has 0 bridgehead atoms. The van der Waals surface area contributed by atoms with Gasteiger partial charge in [0.2, 0.25) is 0 Å². The summed E-state index contributed by atoms with van der Waals surface area (Å²) in [6, 6.07) is 15.2. The molecule has 2 aromatic carbocycles. The number of rotatable bonds is 5. The number of phenols is 2. The van der Waals surface area contributed by atoms with E-state index in [1.54, 1.807) is 24.3 Å². The van der Waals surface area contributed by atoms with Crippen LogP contribution in [0.5, 0.6) is 11.5 Å². The normalized spacial score (nSPS) is 14.3. The molecule has 1 saturated carbocycles. The molecule has 1 aliphatic rings. The Morgan fingerprint density at radius 1 is 0.923 bits per heavy atom. The summed E-state index contributed by atoms with van der Waals surface area (Å²) in [5.74, 6) is 0.544. The van der Waals surface area contributed by atoms with Crippen molar-refractivity contribution in [1.29, 1.82) is 0 Å². The number of aromatic hydroxyl groups is 2. The van der Waals surface area contributed by atoms with E-state index in [9.17, 15) is 10.2 Å². The van der Waals surface area contributed by atoms with Crippen molar-refractivity contribution in [2.24, 2.45) is 0 Å². The molecule has 0 spiro atoms. The Kier molecular flexibility index (Phi) is 4.41. The second-order valence-corrected chi connectivity index (χ2v) is 7.05. The zero-order valence-corrected chi connectivity index (χ0v) is 15.0. The van der Waals surface area contributed by atoms with Crippen molar-refractivity contribution in [2.75, 3.05) is 0 Å². The molecule has 26 heavy (non-hydrogen) atoms. The van der Waals surface area contributed by atoms with Gasteiger partial charge in [0.1, 0.15) is 11.5 Å². The van der Waals surface area contributed by atoms with Crippen molar-refractivity contribution >= 4 is 0 Å². The summed E-state index contributed by atoms with van der Waals surface area (Å²) in [7, 11) is 0. The van der Waals surface area contributed by atoms with Gasteiger partial charge < -0.3 is 10.2 Å². The molecule has 0 unspecified atom stereocenters. The highest BCUT2D eigenvalue weighted by Crippen LogP contribution is 2.41. The van der Waals surface area contributed by atoms with Gasteiger partial charge in [-0.25, -0.2) is 0 Å². The summed E-state index contributed by atoms with van der Waals surface area (Å²) >= 11 is 0. The van der Waals surface area contributed by atoms with Crippen LogP contribution in [0, 0.1) is 0 Å². The number of phenolic OH excluding ortho intramolecular Hbond substituents is 2. The first-order valence-corrected chi connectivity index (χ1v) is 9.37. The molecule has 4 heteroatoms. The van der Waals surface area contributed by atoms with Crippen LogP contribution in [0.4, 0.5) is 0 Å². The Labute approximate surface area is 153 Å². The number of hydrogen-bond donors (Lipinski definition) is 2. The van der Waals surface area contributed by atoms with Crippen molar-refractivity contribution in [1.82, 2.24) is 9.78 Å². The number of hydrogen-bond acceptors (Lipinski definition) is 3. The van der Waals surface area contributed by atoms with E-state index in [-0.39, 0.29) is 11.5 Å². The summed E-state index contributed by atoms with van der Waals surface area (Å²) in [5.41, 5.74) is 5.54. The topological polar surface area (TPSA) is 58.3 Å². The number of aromatic nitrogens is 2. The van der Waals surface area contributed by atoms with E-state index in [0.717, 1.165) is 42.5 Å². The molecule has 0 amide bonds. The van der Waals surface area contributed by atoms with Crippen molar-refractivity contribution in [2.45, 2.75) is 45.1 Å². The van der Waals surface area contributed by atoms with E-state index in [0.29, 0.717) is 6.04 Å². The highest BCUT2D eigenvalue weighted by molar-refractivity contribution is 5.75. The third-order valence-corrected chi connectivity index (χ3v) is 5.21. The fourth-order valence-electron chi connectivity index (χ4n) is 3.63. The van der Waals surface area contributed by atoms with Crippen molar-refractivity contribution in [3.63, 3.8) is 0 Å². The Morgan fingerprint density at radius 2 is 1.50 bits per heavy atom. The van der Waals surface area contributed by atoms with Crippen LogP contribution in [0.25, 0.3) is 22.5 Å². The van der Waals surface area contributed by atoms with Crippen LogP contribution in [0.15, 0.2) is 48.5 Å². The Morgan fingerprint density at radius 3 is 2.00 bits per heavy atom. The fraction of sp³-hybridized carbons (Fsp3) is 0.318. The van der Waals surface area contributed by atoms with Crippen molar-refractivity contribution < 1.29 is 10.2 Å². The molecular weight excluding hydrogens is 324 g/mol. The fourth-order valence-corrected chi connectivity index (χ4v) is 3.63. The maximum Gasteiger partial charge on any atom is 0.115 e. The van der Waals surface area contributed by atoms with Crippen molar-refractivity contribution in [3.05, 3.63) is 54.1 Å². The average molecular weight is 348 g/mol. The number of benzene rings is 2. The number of nitrogens with zero attached hydrogens (tertiary/aromatic N) is 2. The zero-order chi connectivity index (χ0) is 18.1.